The second kappa shape index (κ2) is 5.51. The van der Waals surface area contributed by atoms with Gasteiger partial charge in [-0.2, -0.15) is 0 Å². The molecule has 0 aromatic rings. The Kier molecular flexibility index (Phi) is 5.35. The van der Waals surface area contributed by atoms with Gasteiger partial charge in [0.05, 0.1) is 0 Å². The molecule has 0 radical (unpaired) electrons. The highest BCUT2D eigenvalue weighted by Crippen LogP contribution is 2.03. The van der Waals surface area contributed by atoms with E-state index >= 15 is 0 Å². The van der Waals surface area contributed by atoms with Gasteiger partial charge < -0.3 is 10.0 Å². The predicted molar refractivity (Wildman–Crippen MR) is 43.4 cm³/mol. The maximum absolute atomic E-state index is 8.39. The smallest absolute Gasteiger partial charge is 0.424 e. The lowest BCUT2D eigenvalue weighted by Crippen LogP contribution is -2.05. The van der Waals surface area contributed by atoms with Crippen LogP contribution in [0.3, 0.4) is 0 Å². The van der Waals surface area contributed by atoms with Crippen molar-refractivity contribution in [3.8, 4) is 0 Å². The van der Waals surface area contributed by atoms with Gasteiger partial charge in [0, 0.05) is 0 Å². The Morgan fingerprint density at radius 1 is 1.40 bits per heavy atom. The summed E-state index contributed by atoms with van der Waals surface area (Å²) in [5.74, 6) is 2.07. The molecule has 58 valence electrons. The second-order valence-electron chi connectivity index (χ2n) is 2.81. The van der Waals surface area contributed by atoms with Crippen molar-refractivity contribution in [2.75, 3.05) is 0 Å². The number of hydrogen-bond acceptors (Lipinski definition) is 2. The minimum atomic E-state index is -1.29. The molecule has 0 aliphatic carbocycles. The summed E-state index contributed by atoms with van der Waals surface area (Å²) in [5, 5.41) is 16.8. The fourth-order valence-electron chi connectivity index (χ4n) is 0.647. The zero-order chi connectivity index (χ0) is 7.98. The van der Waals surface area contributed by atoms with Crippen LogP contribution in [0.15, 0.2) is 12.1 Å². The van der Waals surface area contributed by atoms with Gasteiger partial charge in [0.1, 0.15) is 0 Å². The number of rotatable bonds is 4. The van der Waals surface area contributed by atoms with Crippen molar-refractivity contribution in [2.24, 2.45) is 5.92 Å². The first-order chi connectivity index (χ1) is 4.63. The lowest BCUT2D eigenvalue weighted by molar-refractivity contribution is 0.424. The highest BCUT2D eigenvalue weighted by atomic mass is 16.4. The number of hydrogen-bond donors (Lipinski definition) is 2. The van der Waals surface area contributed by atoms with Crippen LogP contribution in [-0.4, -0.2) is 17.2 Å². The van der Waals surface area contributed by atoms with Crippen LogP contribution in [-0.2, 0) is 0 Å². The van der Waals surface area contributed by atoms with E-state index in [0.29, 0.717) is 5.92 Å². The molecule has 0 aromatic carbocycles. The van der Waals surface area contributed by atoms with E-state index in [1.807, 2.05) is 0 Å². The lowest BCUT2D eigenvalue weighted by Gasteiger charge is -1.98. The molecule has 0 rings (SSSR count). The molecule has 0 unspecified atom stereocenters. The van der Waals surface area contributed by atoms with Gasteiger partial charge in [-0.1, -0.05) is 25.9 Å². The van der Waals surface area contributed by atoms with Gasteiger partial charge in [-0.25, -0.2) is 0 Å². The third-order valence-corrected chi connectivity index (χ3v) is 1.22. The summed E-state index contributed by atoms with van der Waals surface area (Å²) in [6.07, 6.45) is 3.82. The second-order valence-corrected chi connectivity index (χ2v) is 2.81. The van der Waals surface area contributed by atoms with Crippen LogP contribution in [0.2, 0.25) is 0 Å². The van der Waals surface area contributed by atoms with E-state index in [9.17, 15) is 0 Å². The molecule has 0 bridgehead atoms. The monoisotopic (exact) mass is 142 g/mol. The highest BCUT2D eigenvalue weighted by molar-refractivity contribution is 6.47. The van der Waals surface area contributed by atoms with Crippen molar-refractivity contribution < 1.29 is 10.0 Å². The molecule has 0 atom stereocenters. The van der Waals surface area contributed by atoms with Gasteiger partial charge >= 0.3 is 7.12 Å². The van der Waals surface area contributed by atoms with E-state index in [2.05, 4.69) is 13.8 Å². The fraction of sp³-hybridized carbons (Fsp3) is 0.714. The maximum Gasteiger partial charge on any atom is 0.480 e. The van der Waals surface area contributed by atoms with Crippen LogP contribution in [0, 0.1) is 5.92 Å². The summed E-state index contributed by atoms with van der Waals surface area (Å²) in [5.41, 5.74) is 0. The third kappa shape index (κ3) is 7.72. The van der Waals surface area contributed by atoms with E-state index in [4.69, 9.17) is 10.0 Å². The van der Waals surface area contributed by atoms with Gasteiger partial charge in [0.15, 0.2) is 0 Å². The Hall–Kier alpha value is -0.275. The largest absolute Gasteiger partial charge is 0.480 e. The van der Waals surface area contributed by atoms with Crippen molar-refractivity contribution in [3.63, 3.8) is 0 Å². The summed E-state index contributed by atoms with van der Waals surface area (Å²) in [6.45, 7) is 4.28. The van der Waals surface area contributed by atoms with Crippen LogP contribution >= 0.6 is 0 Å². The first-order valence-corrected chi connectivity index (χ1v) is 3.65. The molecule has 0 spiro atoms. The van der Waals surface area contributed by atoms with E-state index in [0.717, 1.165) is 12.8 Å². The minimum absolute atomic E-state index is 0.681. The molecule has 2 nitrogen and oxygen atoms in total. The zero-order valence-electron chi connectivity index (χ0n) is 6.62. The van der Waals surface area contributed by atoms with E-state index < -0.39 is 7.12 Å². The molecule has 3 heteroatoms. The number of allylic oxidation sites excluding steroid dienone is 1. The topological polar surface area (TPSA) is 40.5 Å². The van der Waals surface area contributed by atoms with Gasteiger partial charge in [-0.15, -0.1) is 0 Å². The normalized spacial score (nSPS) is 11.3. The van der Waals surface area contributed by atoms with Crippen LogP contribution in [0.4, 0.5) is 0 Å². The molecule has 0 fully saturated rings. The van der Waals surface area contributed by atoms with Crippen molar-refractivity contribution in [1.82, 2.24) is 0 Å². The Balaban J connectivity index is 3.19. The van der Waals surface area contributed by atoms with Crippen LogP contribution < -0.4 is 0 Å². The molecule has 0 saturated carbocycles. The van der Waals surface area contributed by atoms with E-state index in [1.165, 1.54) is 5.98 Å². The first kappa shape index (κ1) is 9.72. The summed E-state index contributed by atoms with van der Waals surface area (Å²) in [4.78, 5) is 0. The standard InChI is InChI=1S/C7H15BO2/c1-7(2)5-3-4-6-8(9)10/h4,6-7,9-10H,3,5H2,1-2H3/b6-4+. The Bertz CT molecular complexity index is 99.8. The molecule has 0 aliphatic rings. The SMILES string of the molecule is CC(C)CC/C=C/B(O)O. The van der Waals surface area contributed by atoms with Crippen LogP contribution in [0.25, 0.3) is 0 Å². The molecule has 0 aromatic heterocycles. The van der Waals surface area contributed by atoms with Crippen molar-refractivity contribution in [1.29, 1.82) is 0 Å². The molecule has 0 saturated heterocycles. The molecular formula is C7H15BO2. The third-order valence-electron chi connectivity index (χ3n) is 1.22. The predicted octanol–water partition coefficient (Wildman–Crippen LogP) is 0.991. The molecule has 0 aliphatic heterocycles. The first-order valence-electron chi connectivity index (χ1n) is 3.65. The summed E-state index contributed by atoms with van der Waals surface area (Å²) >= 11 is 0. The quantitative estimate of drug-likeness (QED) is 0.574. The van der Waals surface area contributed by atoms with Crippen molar-refractivity contribution in [3.05, 3.63) is 12.1 Å². The van der Waals surface area contributed by atoms with Crippen molar-refractivity contribution >= 4 is 7.12 Å². The Labute approximate surface area is 62.7 Å². The molecule has 10 heavy (non-hydrogen) atoms. The van der Waals surface area contributed by atoms with Gasteiger partial charge in [-0.05, 0) is 18.8 Å². The summed E-state index contributed by atoms with van der Waals surface area (Å²) in [6, 6.07) is 0. The minimum Gasteiger partial charge on any atom is -0.424 e. The molecule has 0 amide bonds. The van der Waals surface area contributed by atoms with E-state index in [-0.39, 0.29) is 0 Å². The van der Waals surface area contributed by atoms with Gasteiger partial charge in [0.25, 0.3) is 0 Å². The summed E-state index contributed by atoms with van der Waals surface area (Å²) in [7, 11) is -1.29. The van der Waals surface area contributed by atoms with Crippen LogP contribution in [0.1, 0.15) is 26.7 Å². The van der Waals surface area contributed by atoms with E-state index in [1.54, 1.807) is 6.08 Å². The fourth-order valence-corrected chi connectivity index (χ4v) is 0.647. The van der Waals surface area contributed by atoms with Gasteiger partial charge in [0.2, 0.25) is 0 Å². The average Bonchev–Trinajstić information content (AvgIpc) is 1.79. The summed E-state index contributed by atoms with van der Waals surface area (Å²) < 4.78 is 0. The average molecular weight is 142 g/mol. The lowest BCUT2D eigenvalue weighted by atomic mass is 9.91. The Morgan fingerprint density at radius 2 is 2.00 bits per heavy atom. The molecule has 0 heterocycles. The van der Waals surface area contributed by atoms with Crippen LogP contribution in [0.5, 0.6) is 0 Å². The zero-order valence-corrected chi connectivity index (χ0v) is 6.62. The Morgan fingerprint density at radius 3 is 2.40 bits per heavy atom. The maximum atomic E-state index is 8.39. The van der Waals surface area contributed by atoms with Gasteiger partial charge in [-0.3, -0.25) is 0 Å². The molecular weight excluding hydrogens is 127 g/mol. The van der Waals surface area contributed by atoms with Crippen molar-refractivity contribution in [2.45, 2.75) is 26.7 Å². The molecule has 2 N–H and O–H groups in total. The highest BCUT2D eigenvalue weighted by Gasteiger charge is 1.97.